The lowest BCUT2D eigenvalue weighted by molar-refractivity contribution is 0.260. The van der Waals surface area contributed by atoms with Crippen LogP contribution in [0.15, 0.2) is 0 Å². The molecule has 3 N–H and O–H groups in total. The van der Waals surface area contributed by atoms with Gasteiger partial charge in [0, 0.05) is 7.05 Å². The van der Waals surface area contributed by atoms with E-state index in [-0.39, 0.29) is 5.81 Å². The van der Waals surface area contributed by atoms with Crippen LogP contribution in [0.1, 0.15) is 0 Å². The molecule has 33 valence electrons. The Morgan fingerprint density at radius 3 is 2.50 bits per heavy atom. The molecular formula is C2H6BN2O. The Balaban J connectivity index is 2.99. The molecule has 0 saturated carbocycles. The Kier molecular flexibility index (Phi) is 2.49. The van der Waals surface area contributed by atoms with Gasteiger partial charge in [0.25, 0.3) is 0 Å². The molecular weight excluding hydrogens is 78.8 g/mol. The minimum absolute atomic E-state index is 0.255. The summed E-state index contributed by atoms with van der Waals surface area (Å²) in [7, 11) is 2.49. The van der Waals surface area contributed by atoms with Crippen LogP contribution in [-0.4, -0.2) is 20.3 Å². The maximum atomic E-state index is 9.89. The number of amides is 1. The van der Waals surface area contributed by atoms with E-state index in [0.29, 0.717) is 0 Å². The highest BCUT2D eigenvalue weighted by Gasteiger charge is 1.89. The first kappa shape index (κ1) is 5.49. The Hall–Kier alpha value is -0.505. The number of hydrogen-bond donors (Lipinski definition) is 2. The molecule has 1 amide bonds. The normalized spacial score (nSPS) is 7.00. The van der Waals surface area contributed by atoms with Crippen molar-refractivity contribution in [1.82, 2.24) is 5.32 Å². The van der Waals surface area contributed by atoms with Crippen LogP contribution < -0.4 is 11.0 Å². The maximum Gasteiger partial charge on any atom is 0.323 e. The van der Waals surface area contributed by atoms with Gasteiger partial charge in [-0.05, 0) is 0 Å². The summed E-state index contributed by atoms with van der Waals surface area (Å²) in [4.78, 5) is 9.89. The summed E-state index contributed by atoms with van der Waals surface area (Å²) in [5.41, 5.74) is 4.75. The molecule has 0 aromatic heterocycles. The highest BCUT2D eigenvalue weighted by molar-refractivity contribution is 6.70. The van der Waals surface area contributed by atoms with E-state index in [9.17, 15) is 4.79 Å². The van der Waals surface area contributed by atoms with E-state index in [1.165, 1.54) is 7.05 Å². The molecule has 0 fully saturated rings. The van der Waals surface area contributed by atoms with Crippen molar-refractivity contribution in [3.63, 3.8) is 0 Å². The highest BCUT2D eigenvalue weighted by atomic mass is 16.1. The molecule has 0 heterocycles. The van der Waals surface area contributed by atoms with E-state index in [4.69, 9.17) is 5.64 Å². The van der Waals surface area contributed by atoms with Crippen molar-refractivity contribution in [2.24, 2.45) is 5.64 Å². The van der Waals surface area contributed by atoms with Gasteiger partial charge in [-0.15, -0.1) is 0 Å². The Bertz CT molecular complexity index is 49.5. The predicted molar refractivity (Wildman–Crippen MR) is 24.4 cm³/mol. The largest absolute Gasteiger partial charge is 0.367 e. The summed E-state index contributed by atoms with van der Waals surface area (Å²) in [6.45, 7) is 0. The van der Waals surface area contributed by atoms with Crippen LogP contribution in [0.5, 0.6) is 0 Å². The van der Waals surface area contributed by atoms with E-state index in [0.717, 1.165) is 7.41 Å². The number of nitrogens with one attached hydrogen (secondary N) is 1. The monoisotopic (exact) mass is 85.1 g/mol. The third kappa shape index (κ3) is 1.78. The van der Waals surface area contributed by atoms with Gasteiger partial charge in [0.15, 0.2) is 5.81 Å². The first-order valence-electron chi connectivity index (χ1n) is 1.58. The standard InChI is InChI=1S/C2H6BN2O/c1-5-2(6)3-4/h4H2,1H3,(H,5,6). The number of carbonyl (C=O) groups excluding carboxylic acids is 1. The molecule has 6 heavy (non-hydrogen) atoms. The summed E-state index contributed by atoms with van der Waals surface area (Å²) in [6, 6.07) is 0. The lowest BCUT2D eigenvalue weighted by Gasteiger charge is -1.85. The van der Waals surface area contributed by atoms with E-state index >= 15 is 0 Å². The molecule has 0 aromatic carbocycles. The molecule has 0 spiro atoms. The van der Waals surface area contributed by atoms with Gasteiger partial charge in [-0.3, -0.25) is 4.79 Å². The molecule has 0 bridgehead atoms. The SMILES string of the molecule is CNC(=O)[B]N. The van der Waals surface area contributed by atoms with Crippen LogP contribution in [0.3, 0.4) is 0 Å². The first-order valence-corrected chi connectivity index (χ1v) is 1.58. The smallest absolute Gasteiger partial charge is 0.323 e. The zero-order valence-corrected chi connectivity index (χ0v) is 3.56. The predicted octanol–water partition coefficient (Wildman–Crippen LogP) is -1.10. The zero-order chi connectivity index (χ0) is 4.99. The fraction of sp³-hybridized carbons (Fsp3) is 0.500. The number of hydrogen-bond acceptors (Lipinski definition) is 2. The molecule has 0 aliphatic heterocycles. The van der Waals surface area contributed by atoms with E-state index in [1.54, 1.807) is 0 Å². The van der Waals surface area contributed by atoms with Crippen molar-refractivity contribution in [3.8, 4) is 0 Å². The molecule has 4 heteroatoms. The van der Waals surface area contributed by atoms with Crippen LogP contribution in [-0.2, 0) is 0 Å². The van der Waals surface area contributed by atoms with Crippen LogP contribution >= 0.6 is 0 Å². The van der Waals surface area contributed by atoms with E-state index < -0.39 is 0 Å². The number of nitrogens with two attached hydrogens (primary N) is 1. The van der Waals surface area contributed by atoms with Crippen LogP contribution in [0.2, 0.25) is 0 Å². The number of rotatable bonds is 1. The molecule has 0 aliphatic carbocycles. The quantitative estimate of drug-likeness (QED) is 0.397. The van der Waals surface area contributed by atoms with Gasteiger partial charge in [0.2, 0.25) is 0 Å². The first-order chi connectivity index (χ1) is 2.81. The van der Waals surface area contributed by atoms with Crippen molar-refractivity contribution < 1.29 is 4.79 Å². The van der Waals surface area contributed by atoms with Gasteiger partial charge in [-0.2, -0.15) is 0 Å². The van der Waals surface area contributed by atoms with Crippen LogP contribution in [0.25, 0.3) is 0 Å². The van der Waals surface area contributed by atoms with Crippen LogP contribution in [0.4, 0.5) is 4.79 Å². The van der Waals surface area contributed by atoms with Crippen LogP contribution in [0, 0.1) is 0 Å². The van der Waals surface area contributed by atoms with Gasteiger partial charge in [-0.25, -0.2) is 0 Å². The van der Waals surface area contributed by atoms with Gasteiger partial charge >= 0.3 is 7.41 Å². The van der Waals surface area contributed by atoms with E-state index in [1.807, 2.05) is 0 Å². The highest BCUT2D eigenvalue weighted by Crippen LogP contribution is 1.50. The molecule has 1 radical (unpaired) electrons. The average Bonchev–Trinajstić information content (AvgIpc) is 1.65. The Labute approximate surface area is 37.2 Å². The van der Waals surface area contributed by atoms with Gasteiger partial charge < -0.3 is 11.0 Å². The Morgan fingerprint density at radius 2 is 2.50 bits per heavy atom. The molecule has 3 nitrogen and oxygen atoms in total. The second-order valence-electron chi connectivity index (χ2n) is 0.781. The minimum atomic E-state index is -0.255. The van der Waals surface area contributed by atoms with Crippen molar-refractivity contribution in [2.75, 3.05) is 7.05 Å². The lowest BCUT2D eigenvalue weighted by atomic mass is 9.97. The summed E-state index contributed by atoms with van der Waals surface area (Å²) < 4.78 is 0. The summed E-state index contributed by atoms with van der Waals surface area (Å²) in [5.74, 6) is -0.255. The van der Waals surface area contributed by atoms with Crippen molar-refractivity contribution in [2.45, 2.75) is 0 Å². The zero-order valence-electron chi connectivity index (χ0n) is 3.56. The third-order valence-electron chi connectivity index (χ3n) is 0.398. The second-order valence-corrected chi connectivity index (χ2v) is 0.781. The van der Waals surface area contributed by atoms with Crippen molar-refractivity contribution >= 4 is 13.2 Å². The van der Waals surface area contributed by atoms with Crippen molar-refractivity contribution in [3.05, 3.63) is 0 Å². The second kappa shape index (κ2) is 2.72. The Morgan fingerprint density at radius 1 is 2.00 bits per heavy atom. The molecule has 0 aromatic rings. The summed E-state index contributed by atoms with van der Waals surface area (Å²) in [6.07, 6.45) is 0. The molecule has 0 aliphatic rings. The minimum Gasteiger partial charge on any atom is -0.367 e. The van der Waals surface area contributed by atoms with E-state index in [2.05, 4.69) is 5.32 Å². The summed E-state index contributed by atoms with van der Waals surface area (Å²) >= 11 is 0. The third-order valence-corrected chi connectivity index (χ3v) is 0.398. The molecule has 0 saturated heterocycles. The fourth-order valence-electron chi connectivity index (χ4n) is 0.0833. The van der Waals surface area contributed by atoms with Crippen molar-refractivity contribution in [1.29, 1.82) is 0 Å². The molecule has 0 rings (SSSR count). The fourth-order valence-corrected chi connectivity index (χ4v) is 0.0833. The topological polar surface area (TPSA) is 55.1 Å². The van der Waals surface area contributed by atoms with Gasteiger partial charge in [0.1, 0.15) is 0 Å². The molecule has 0 unspecified atom stereocenters. The average molecular weight is 84.9 g/mol. The lowest BCUT2D eigenvalue weighted by Crippen LogP contribution is -2.28. The van der Waals surface area contributed by atoms with Gasteiger partial charge in [-0.1, -0.05) is 0 Å². The van der Waals surface area contributed by atoms with Gasteiger partial charge in [0.05, 0.1) is 0 Å². The molecule has 0 atom stereocenters. The summed E-state index contributed by atoms with van der Waals surface area (Å²) in [5, 5.41) is 2.30. The number of carbonyl (C=O) groups is 1. The maximum absolute atomic E-state index is 9.89.